The summed E-state index contributed by atoms with van der Waals surface area (Å²) in [5.74, 6) is -0.606. The predicted octanol–water partition coefficient (Wildman–Crippen LogP) is 6.33. The second-order valence-corrected chi connectivity index (χ2v) is 12.9. The Bertz CT molecular complexity index is 1290. The van der Waals surface area contributed by atoms with E-state index in [0.29, 0.717) is 41.0 Å². The monoisotopic (exact) mass is 557 g/mol. The zero-order chi connectivity index (χ0) is 26.8. The van der Waals surface area contributed by atoms with E-state index in [9.17, 15) is 9.59 Å². The van der Waals surface area contributed by atoms with Crippen LogP contribution in [0.1, 0.15) is 75.8 Å². The Hall–Kier alpha value is -2.15. The Kier molecular flexibility index (Phi) is 6.52. The number of benzene rings is 2. The van der Waals surface area contributed by atoms with Crippen LogP contribution in [-0.2, 0) is 15.0 Å². The first-order valence-electron chi connectivity index (χ1n) is 13.8. The van der Waals surface area contributed by atoms with Gasteiger partial charge in [0.25, 0.3) is 0 Å². The molecule has 1 saturated heterocycles. The van der Waals surface area contributed by atoms with E-state index in [1.807, 2.05) is 6.07 Å². The van der Waals surface area contributed by atoms with Crippen molar-refractivity contribution in [3.8, 4) is 0 Å². The summed E-state index contributed by atoms with van der Waals surface area (Å²) in [7, 11) is 0. The highest BCUT2D eigenvalue weighted by molar-refractivity contribution is 6.31. The molecule has 5 nitrogen and oxygen atoms in total. The fourth-order valence-corrected chi connectivity index (χ4v) is 8.19. The molecule has 2 amide bonds. The average Bonchev–Trinajstić information content (AvgIpc) is 3.30. The minimum atomic E-state index is -1.19. The van der Waals surface area contributed by atoms with Gasteiger partial charge in [-0.05, 0) is 66.8 Å². The van der Waals surface area contributed by atoms with Gasteiger partial charge in [-0.2, -0.15) is 0 Å². The number of anilines is 1. The van der Waals surface area contributed by atoms with Crippen molar-refractivity contribution < 1.29 is 14.0 Å². The lowest BCUT2D eigenvalue weighted by Crippen LogP contribution is -2.60. The first-order chi connectivity index (χ1) is 18.2. The number of halogens is 3. The molecule has 0 radical (unpaired) electrons. The Balaban J connectivity index is 1.51. The molecule has 0 aromatic heterocycles. The summed E-state index contributed by atoms with van der Waals surface area (Å²) in [4.78, 5) is 28.4. The molecule has 2 aliphatic carbocycles. The molecule has 3 N–H and O–H groups in total. The maximum atomic E-state index is 15.9. The van der Waals surface area contributed by atoms with Crippen LogP contribution >= 0.6 is 23.2 Å². The molecule has 2 heterocycles. The number of nitrogens with one attached hydrogen (secondary N) is 3. The molecule has 6 rings (SSSR count). The number of amides is 2. The van der Waals surface area contributed by atoms with Gasteiger partial charge in [-0.1, -0.05) is 74.5 Å². The molecule has 2 spiro atoms. The summed E-state index contributed by atoms with van der Waals surface area (Å²) >= 11 is 12.6. The van der Waals surface area contributed by atoms with E-state index in [0.717, 1.165) is 37.7 Å². The number of hydrogen-bond acceptors (Lipinski definition) is 3. The summed E-state index contributed by atoms with van der Waals surface area (Å²) in [6.45, 7) is 4.41. The molecule has 0 bridgehead atoms. The van der Waals surface area contributed by atoms with Crippen molar-refractivity contribution in [1.82, 2.24) is 10.6 Å². The van der Waals surface area contributed by atoms with E-state index in [4.69, 9.17) is 23.2 Å². The molecule has 38 heavy (non-hydrogen) atoms. The standard InChI is InChI=1S/C30H34Cl2FN3O2/c1-16(2)17-13-19(14-17)34-27(37)26-24(20-7-6-8-22(32)25(20)33)30(29(36-26)11-4-3-5-12-29)21-10-9-18(31)15-23(21)35-28(30)38/h6-10,15-17,19,24,26,36H,3-5,11-14H2,1-2H3,(H,34,37)(H,35,38)/t17?,19?,24-,26+,30+/m0/s1. The van der Waals surface area contributed by atoms with Gasteiger partial charge in [0.15, 0.2) is 0 Å². The summed E-state index contributed by atoms with van der Waals surface area (Å²) in [5, 5.41) is 10.5. The van der Waals surface area contributed by atoms with Crippen molar-refractivity contribution in [1.29, 1.82) is 0 Å². The van der Waals surface area contributed by atoms with Crippen LogP contribution in [0, 0.1) is 17.7 Å². The second kappa shape index (κ2) is 9.50. The first kappa shape index (κ1) is 26.1. The van der Waals surface area contributed by atoms with Gasteiger partial charge in [0.2, 0.25) is 11.8 Å². The minimum Gasteiger partial charge on any atom is -0.352 e. The fraction of sp³-hybridized carbons (Fsp3) is 0.533. The lowest BCUT2D eigenvalue weighted by molar-refractivity contribution is -0.125. The van der Waals surface area contributed by atoms with E-state index in [2.05, 4.69) is 29.8 Å². The predicted molar refractivity (Wildman–Crippen MR) is 148 cm³/mol. The maximum Gasteiger partial charge on any atom is 0.238 e. The van der Waals surface area contributed by atoms with Crippen molar-refractivity contribution in [2.45, 2.75) is 87.7 Å². The molecule has 4 aliphatic rings. The van der Waals surface area contributed by atoms with E-state index in [1.165, 1.54) is 6.07 Å². The van der Waals surface area contributed by atoms with Gasteiger partial charge in [-0.3, -0.25) is 14.9 Å². The molecule has 2 aromatic carbocycles. The highest BCUT2D eigenvalue weighted by atomic mass is 35.5. The van der Waals surface area contributed by atoms with E-state index < -0.39 is 28.7 Å². The smallest absolute Gasteiger partial charge is 0.238 e. The van der Waals surface area contributed by atoms with Gasteiger partial charge in [-0.15, -0.1) is 0 Å². The van der Waals surface area contributed by atoms with Crippen molar-refractivity contribution in [2.75, 3.05) is 5.32 Å². The summed E-state index contributed by atoms with van der Waals surface area (Å²) in [5.41, 5.74) is -0.220. The molecule has 2 saturated carbocycles. The molecule has 8 heteroatoms. The Morgan fingerprint density at radius 1 is 1.11 bits per heavy atom. The van der Waals surface area contributed by atoms with E-state index in [-0.39, 0.29) is 22.9 Å². The summed E-state index contributed by atoms with van der Waals surface area (Å²) in [6, 6.07) is 9.57. The summed E-state index contributed by atoms with van der Waals surface area (Å²) < 4.78 is 15.9. The third-order valence-electron chi connectivity index (χ3n) is 9.77. The lowest BCUT2D eigenvalue weighted by Gasteiger charge is -2.47. The molecular formula is C30H34Cl2FN3O2. The zero-order valence-corrected chi connectivity index (χ0v) is 23.3. The highest BCUT2D eigenvalue weighted by Gasteiger charge is 2.72. The number of carbonyl (C=O) groups is 2. The normalized spacial score (nSPS) is 31.4. The van der Waals surface area contributed by atoms with Crippen LogP contribution in [0.2, 0.25) is 10.0 Å². The maximum absolute atomic E-state index is 15.9. The topological polar surface area (TPSA) is 70.2 Å². The van der Waals surface area contributed by atoms with Crippen LogP contribution in [0.4, 0.5) is 10.1 Å². The molecule has 2 aliphatic heterocycles. The number of hydrogen-bond donors (Lipinski definition) is 3. The highest BCUT2D eigenvalue weighted by Crippen LogP contribution is 2.62. The molecule has 3 fully saturated rings. The molecular weight excluding hydrogens is 524 g/mol. The minimum absolute atomic E-state index is 0.0186. The first-order valence-corrected chi connectivity index (χ1v) is 14.6. The van der Waals surface area contributed by atoms with Gasteiger partial charge in [0.05, 0.1) is 11.1 Å². The van der Waals surface area contributed by atoms with Crippen LogP contribution in [0.25, 0.3) is 0 Å². The van der Waals surface area contributed by atoms with Crippen molar-refractivity contribution in [2.24, 2.45) is 11.8 Å². The number of carbonyl (C=O) groups excluding carboxylic acids is 2. The molecule has 3 atom stereocenters. The van der Waals surface area contributed by atoms with E-state index in [1.54, 1.807) is 24.3 Å². The van der Waals surface area contributed by atoms with Gasteiger partial charge in [-0.25, -0.2) is 4.39 Å². The van der Waals surface area contributed by atoms with Gasteiger partial charge in [0.1, 0.15) is 11.2 Å². The largest absolute Gasteiger partial charge is 0.352 e. The van der Waals surface area contributed by atoms with Crippen molar-refractivity contribution in [3.63, 3.8) is 0 Å². The van der Waals surface area contributed by atoms with Gasteiger partial charge >= 0.3 is 0 Å². The Labute approximate surface area is 233 Å². The van der Waals surface area contributed by atoms with Gasteiger partial charge < -0.3 is 10.6 Å². The summed E-state index contributed by atoms with van der Waals surface area (Å²) in [6.07, 6.45) is 6.19. The zero-order valence-electron chi connectivity index (χ0n) is 21.8. The third kappa shape index (κ3) is 3.74. The van der Waals surface area contributed by atoms with Crippen LogP contribution in [0.15, 0.2) is 36.4 Å². The van der Waals surface area contributed by atoms with Crippen LogP contribution in [0.5, 0.6) is 0 Å². The number of fused-ring (bicyclic) bond motifs is 3. The average molecular weight is 559 g/mol. The Morgan fingerprint density at radius 3 is 2.55 bits per heavy atom. The van der Waals surface area contributed by atoms with Crippen LogP contribution in [0.3, 0.4) is 0 Å². The Morgan fingerprint density at radius 2 is 1.84 bits per heavy atom. The third-order valence-corrected chi connectivity index (χ3v) is 10.3. The molecule has 2 aromatic rings. The molecule has 0 unspecified atom stereocenters. The second-order valence-electron chi connectivity index (χ2n) is 12.0. The van der Waals surface area contributed by atoms with Crippen molar-refractivity contribution in [3.05, 3.63) is 63.4 Å². The van der Waals surface area contributed by atoms with E-state index >= 15 is 4.39 Å². The fourth-order valence-electron chi connectivity index (χ4n) is 7.83. The quantitative estimate of drug-likeness (QED) is 0.411. The SMILES string of the molecule is CC(C)C1CC(NC(=O)[C@@H]2NC3(CCCCC3)[C@@]3(C(=O)Nc4cc(Cl)ccc43)[C@H]2c2cccc(Cl)c2F)C1. The molecule has 202 valence electrons. The van der Waals surface area contributed by atoms with Crippen LogP contribution in [-0.4, -0.2) is 29.4 Å². The number of rotatable bonds is 4. The van der Waals surface area contributed by atoms with Crippen LogP contribution < -0.4 is 16.0 Å². The van der Waals surface area contributed by atoms with Crippen molar-refractivity contribution >= 4 is 40.7 Å². The lowest BCUT2D eigenvalue weighted by atomic mass is 9.55. The van der Waals surface area contributed by atoms with Gasteiger partial charge in [0, 0.05) is 28.2 Å².